The lowest BCUT2D eigenvalue weighted by Gasteiger charge is -2.60. The molecule has 3 nitrogen and oxygen atoms in total. The molecule has 0 bridgehead atoms. The van der Waals surface area contributed by atoms with Crippen LogP contribution >= 0.6 is 0 Å². The molecule has 0 heterocycles. The van der Waals surface area contributed by atoms with Gasteiger partial charge in [-0.05, 0) is 68.1 Å². The van der Waals surface area contributed by atoms with E-state index in [1.807, 2.05) is 6.92 Å². The Kier molecular flexibility index (Phi) is 3.39. The Balaban J connectivity index is 1.79. The highest BCUT2D eigenvalue weighted by Crippen LogP contribution is 2.69. The molecule has 0 aromatic carbocycles. The maximum absolute atomic E-state index is 16.5. The van der Waals surface area contributed by atoms with Gasteiger partial charge in [0.1, 0.15) is 11.8 Å². The molecule has 25 heavy (non-hydrogen) atoms. The lowest BCUT2D eigenvalue weighted by molar-refractivity contribution is -0.159. The van der Waals surface area contributed by atoms with Gasteiger partial charge in [0.15, 0.2) is 5.78 Å². The molecule has 4 aliphatic carbocycles. The van der Waals surface area contributed by atoms with E-state index in [0.29, 0.717) is 19.3 Å². The first-order valence-electron chi connectivity index (χ1n) is 9.14. The van der Waals surface area contributed by atoms with E-state index >= 15 is 4.39 Å². The molecule has 0 saturated heterocycles. The van der Waals surface area contributed by atoms with E-state index in [0.717, 1.165) is 0 Å². The van der Waals surface area contributed by atoms with E-state index < -0.39 is 40.5 Å². The predicted octanol–water partition coefficient (Wildman–Crippen LogP) is 4.04. The van der Waals surface area contributed by atoms with Crippen LogP contribution in [0.15, 0.2) is 23.8 Å². The molecule has 5 heteroatoms. The third kappa shape index (κ3) is 1.95. The van der Waals surface area contributed by atoms with E-state index in [4.69, 9.17) is 0 Å². The van der Waals surface area contributed by atoms with Gasteiger partial charge in [0.2, 0.25) is 0 Å². The number of alkyl halides is 2. The first-order valence-corrected chi connectivity index (χ1v) is 9.14. The molecule has 136 valence electrons. The number of halogens is 2. The summed E-state index contributed by atoms with van der Waals surface area (Å²) in [6.07, 6.45) is 4.74. The van der Waals surface area contributed by atoms with Gasteiger partial charge in [-0.25, -0.2) is 8.78 Å². The van der Waals surface area contributed by atoms with Crippen LogP contribution in [0.3, 0.4) is 0 Å². The molecule has 0 aliphatic heterocycles. The Bertz CT molecular complexity index is 714. The van der Waals surface area contributed by atoms with Gasteiger partial charge in [0.05, 0.1) is 5.92 Å². The predicted molar refractivity (Wildman–Crippen MR) is 88.4 cm³/mol. The van der Waals surface area contributed by atoms with Gasteiger partial charge in [-0.3, -0.25) is 9.59 Å². The zero-order valence-electron chi connectivity index (χ0n) is 14.6. The highest BCUT2D eigenvalue weighted by atomic mass is 19.1. The summed E-state index contributed by atoms with van der Waals surface area (Å²) in [5, 5.41) is 9.57. The van der Waals surface area contributed by atoms with E-state index in [1.165, 1.54) is 12.2 Å². The normalized spacial score (nSPS) is 51.4. The molecule has 7 atom stereocenters. The molecule has 3 fully saturated rings. The number of carbonyl (C=O) groups excluding carboxylic acids is 1. The van der Waals surface area contributed by atoms with Gasteiger partial charge >= 0.3 is 5.97 Å². The largest absolute Gasteiger partial charge is 0.481 e. The summed E-state index contributed by atoms with van der Waals surface area (Å²) in [7, 11) is 0. The lowest BCUT2D eigenvalue weighted by Crippen LogP contribution is -2.62. The van der Waals surface area contributed by atoms with Crippen molar-refractivity contribution in [3.8, 4) is 0 Å². The minimum absolute atomic E-state index is 0.0473. The summed E-state index contributed by atoms with van der Waals surface area (Å²) in [5.74, 6) is -2.22. The Morgan fingerprint density at radius 3 is 2.64 bits per heavy atom. The maximum Gasteiger partial charge on any atom is 0.307 e. The van der Waals surface area contributed by atoms with Crippen molar-refractivity contribution in [2.45, 2.75) is 57.8 Å². The lowest BCUT2D eigenvalue weighted by atomic mass is 9.46. The third-order valence-corrected chi connectivity index (χ3v) is 7.95. The molecule has 5 unspecified atom stereocenters. The second-order valence-corrected chi connectivity index (χ2v) is 8.79. The van der Waals surface area contributed by atoms with Gasteiger partial charge in [0, 0.05) is 11.3 Å². The number of allylic oxidation sites excluding steroid dienone is 4. The number of hydrogen-bond acceptors (Lipinski definition) is 2. The van der Waals surface area contributed by atoms with Crippen LogP contribution < -0.4 is 0 Å². The third-order valence-electron chi connectivity index (χ3n) is 7.95. The van der Waals surface area contributed by atoms with Crippen LogP contribution in [-0.4, -0.2) is 28.7 Å². The summed E-state index contributed by atoms with van der Waals surface area (Å²) in [6, 6.07) is 0. The van der Waals surface area contributed by atoms with Crippen molar-refractivity contribution in [2.24, 2.45) is 28.6 Å². The summed E-state index contributed by atoms with van der Waals surface area (Å²) >= 11 is 0. The number of carboxylic acid groups (broad SMARTS) is 1. The van der Waals surface area contributed by atoms with Crippen molar-refractivity contribution in [2.75, 3.05) is 0 Å². The average molecular weight is 350 g/mol. The molecular weight excluding hydrogens is 326 g/mol. The fourth-order valence-electron chi connectivity index (χ4n) is 6.48. The second kappa shape index (κ2) is 5.01. The number of hydrogen-bond donors (Lipinski definition) is 1. The highest BCUT2D eigenvalue weighted by molar-refractivity contribution is 6.01. The summed E-state index contributed by atoms with van der Waals surface area (Å²) < 4.78 is 31.4. The minimum Gasteiger partial charge on any atom is -0.481 e. The quantitative estimate of drug-likeness (QED) is 0.777. The van der Waals surface area contributed by atoms with E-state index in [1.54, 1.807) is 13.0 Å². The van der Waals surface area contributed by atoms with Crippen LogP contribution in [0.4, 0.5) is 8.78 Å². The van der Waals surface area contributed by atoms with Crippen molar-refractivity contribution in [3.05, 3.63) is 23.8 Å². The molecule has 0 amide bonds. The van der Waals surface area contributed by atoms with E-state index in [2.05, 4.69) is 0 Å². The average Bonchev–Trinajstić information content (AvgIpc) is 2.89. The second-order valence-electron chi connectivity index (χ2n) is 8.79. The molecule has 4 aliphatic rings. The molecule has 1 N–H and O–H groups in total. The molecular formula is C20H24F2O3. The Hall–Kier alpha value is -1.52. The van der Waals surface area contributed by atoms with Gasteiger partial charge < -0.3 is 5.11 Å². The fourth-order valence-corrected chi connectivity index (χ4v) is 6.48. The first kappa shape index (κ1) is 16.9. The molecule has 4 rings (SSSR count). The van der Waals surface area contributed by atoms with Crippen LogP contribution in [0.2, 0.25) is 0 Å². The zero-order valence-corrected chi connectivity index (χ0v) is 14.6. The van der Waals surface area contributed by atoms with Crippen molar-refractivity contribution < 1.29 is 23.5 Å². The molecule has 3 saturated carbocycles. The molecule has 0 aromatic heterocycles. The fraction of sp³-hybridized carbons (Fsp3) is 0.700. The van der Waals surface area contributed by atoms with Crippen LogP contribution in [0.5, 0.6) is 0 Å². The highest BCUT2D eigenvalue weighted by Gasteiger charge is 2.68. The topological polar surface area (TPSA) is 54.4 Å². The van der Waals surface area contributed by atoms with Gasteiger partial charge in [-0.1, -0.05) is 13.0 Å². The minimum atomic E-state index is -1.63. The Labute approximate surface area is 146 Å². The molecule has 0 spiro atoms. The summed E-state index contributed by atoms with van der Waals surface area (Å²) in [4.78, 5) is 23.4. The van der Waals surface area contributed by atoms with Gasteiger partial charge in [-0.15, -0.1) is 0 Å². The van der Waals surface area contributed by atoms with Crippen LogP contribution in [0.1, 0.15) is 46.0 Å². The summed E-state index contributed by atoms with van der Waals surface area (Å²) in [5.41, 5.74) is -2.96. The SMILES string of the molecule is CC12CC[C@@]3(F)C(C[C@H](F)C4=CC(=O)C=CC43C)C1CCC2C(=O)O. The number of carboxylic acids is 1. The molecule has 0 aromatic rings. The zero-order chi connectivity index (χ0) is 18.2. The maximum atomic E-state index is 16.5. The monoisotopic (exact) mass is 350 g/mol. The van der Waals surface area contributed by atoms with Crippen LogP contribution in [0.25, 0.3) is 0 Å². The first-order chi connectivity index (χ1) is 11.6. The van der Waals surface area contributed by atoms with Crippen molar-refractivity contribution in [1.82, 2.24) is 0 Å². The van der Waals surface area contributed by atoms with Crippen molar-refractivity contribution in [3.63, 3.8) is 0 Å². The standard InChI is InChI=1S/C20H24F2O3/c1-18-7-8-20(22)14(12(18)3-4-13(18)17(24)25)10-16(21)15-9-11(23)5-6-19(15,20)2/h5-6,9,12-14,16H,3-4,7-8,10H2,1-2H3,(H,24,25)/t12?,13?,14?,16-,18?,19?,20+/m0/s1. The Morgan fingerprint density at radius 1 is 1.24 bits per heavy atom. The van der Waals surface area contributed by atoms with E-state index in [9.17, 15) is 19.1 Å². The number of rotatable bonds is 1. The van der Waals surface area contributed by atoms with Crippen LogP contribution in [0, 0.1) is 28.6 Å². The van der Waals surface area contributed by atoms with Gasteiger partial charge in [0.25, 0.3) is 0 Å². The van der Waals surface area contributed by atoms with Crippen molar-refractivity contribution >= 4 is 11.8 Å². The molecule has 0 radical (unpaired) electrons. The Morgan fingerprint density at radius 2 is 1.96 bits per heavy atom. The smallest absolute Gasteiger partial charge is 0.307 e. The van der Waals surface area contributed by atoms with Crippen molar-refractivity contribution in [1.29, 1.82) is 0 Å². The number of aliphatic carboxylic acids is 1. The number of carbonyl (C=O) groups is 2. The number of ketones is 1. The van der Waals surface area contributed by atoms with E-state index in [-0.39, 0.29) is 30.1 Å². The van der Waals surface area contributed by atoms with Gasteiger partial charge in [-0.2, -0.15) is 0 Å². The van der Waals surface area contributed by atoms with Crippen LogP contribution in [-0.2, 0) is 9.59 Å². The summed E-state index contributed by atoms with van der Waals surface area (Å²) in [6.45, 7) is 3.65. The number of fused-ring (bicyclic) bond motifs is 5.